The minimum Gasteiger partial charge on any atom is -0.307 e. The lowest BCUT2D eigenvalue weighted by atomic mass is 9.96. The van der Waals surface area contributed by atoms with E-state index >= 15 is 0 Å². The van der Waals surface area contributed by atoms with E-state index in [0.717, 1.165) is 12.4 Å². The van der Waals surface area contributed by atoms with Crippen molar-refractivity contribution in [3.8, 4) is 0 Å². The summed E-state index contributed by atoms with van der Waals surface area (Å²) in [5.41, 5.74) is 0.300. The third kappa shape index (κ3) is 3.55. The van der Waals surface area contributed by atoms with E-state index < -0.39 is 0 Å². The maximum absolute atomic E-state index is 4.09. The van der Waals surface area contributed by atoms with Crippen LogP contribution in [0.1, 0.15) is 39.6 Å². The molecule has 0 saturated heterocycles. The van der Waals surface area contributed by atoms with E-state index in [1.165, 1.54) is 6.33 Å². The Balaban J connectivity index is 2.39. The molecule has 0 spiro atoms. The normalized spacial score (nSPS) is 14.5. The maximum atomic E-state index is 4.09. The summed E-state index contributed by atoms with van der Waals surface area (Å²) in [6.07, 6.45) is 1.53. The second-order valence-corrected chi connectivity index (χ2v) is 4.53. The van der Waals surface area contributed by atoms with Gasteiger partial charge < -0.3 is 5.32 Å². The van der Waals surface area contributed by atoms with Gasteiger partial charge in [-0.15, -0.1) is 0 Å². The van der Waals surface area contributed by atoms with Gasteiger partial charge in [0.05, 0.1) is 6.04 Å². The van der Waals surface area contributed by atoms with Gasteiger partial charge in [-0.2, -0.15) is 5.10 Å². The van der Waals surface area contributed by atoms with Crippen LogP contribution >= 0.6 is 0 Å². The summed E-state index contributed by atoms with van der Waals surface area (Å²) in [6.45, 7) is 9.65. The molecule has 1 rings (SSSR count). The molecule has 2 N–H and O–H groups in total. The van der Waals surface area contributed by atoms with E-state index in [4.69, 9.17) is 0 Å². The Morgan fingerprint density at radius 3 is 2.69 bits per heavy atom. The van der Waals surface area contributed by atoms with Crippen molar-refractivity contribution in [2.75, 3.05) is 6.54 Å². The lowest BCUT2D eigenvalue weighted by molar-refractivity contribution is 0.355. The first-order valence-corrected chi connectivity index (χ1v) is 4.58. The third-order valence-corrected chi connectivity index (χ3v) is 1.78. The number of H-pyrrole nitrogens is 1. The van der Waals surface area contributed by atoms with Gasteiger partial charge in [-0.1, -0.05) is 20.8 Å². The number of aromatic amines is 1. The molecule has 4 heteroatoms. The second-order valence-electron chi connectivity index (χ2n) is 4.53. The first-order chi connectivity index (χ1) is 5.99. The summed E-state index contributed by atoms with van der Waals surface area (Å²) in [4.78, 5) is 4.09. The van der Waals surface area contributed by atoms with Crippen LogP contribution in [0.15, 0.2) is 6.33 Å². The minimum atomic E-state index is 0.238. The van der Waals surface area contributed by atoms with Crippen LogP contribution in [0.3, 0.4) is 0 Å². The van der Waals surface area contributed by atoms with E-state index in [2.05, 4.69) is 48.2 Å². The monoisotopic (exact) mass is 182 g/mol. The maximum Gasteiger partial charge on any atom is 0.141 e. The van der Waals surface area contributed by atoms with Crippen molar-refractivity contribution in [1.82, 2.24) is 20.5 Å². The van der Waals surface area contributed by atoms with Crippen LogP contribution in [-0.2, 0) is 0 Å². The molecular formula is C9H18N4. The van der Waals surface area contributed by atoms with Gasteiger partial charge in [0.1, 0.15) is 12.2 Å². The summed E-state index contributed by atoms with van der Waals surface area (Å²) in [5.74, 6) is 0.893. The summed E-state index contributed by atoms with van der Waals surface area (Å²) < 4.78 is 0. The number of rotatable bonds is 3. The highest BCUT2D eigenvalue weighted by Crippen LogP contribution is 2.13. The summed E-state index contributed by atoms with van der Waals surface area (Å²) in [7, 11) is 0. The lowest BCUT2D eigenvalue weighted by Gasteiger charge is -2.21. The van der Waals surface area contributed by atoms with Crippen LogP contribution < -0.4 is 5.32 Å². The van der Waals surface area contributed by atoms with Crippen molar-refractivity contribution in [3.63, 3.8) is 0 Å². The predicted molar refractivity (Wildman–Crippen MR) is 52.3 cm³/mol. The van der Waals surface area contributed by atoms with E-state index in [0.29, 0.717) is 5.41 Å². The first kappa shape index (κ1) is 10.2. The molecule has 1 aromatic heterocycles. The fraction of sp³-hybridized carbons (Fsp3) is 0.778. The smallest absolute Gasteiger partial charge is 0.141 e. The van der Waals surface area contributed by atoms with Crippen LogP contribution in [0.5, 0.6) is 0 Å². The molecule has 1 aromatic rings. The molecule has 0 aromatic carbocycles. The molecule has 4 nitrogen and oxygen atoms in total. The van der Waals surface area contributed by atoms with Crippen LogP contribution in [0.4, 0.5) is 0 Å². The average Bonchev–Trinajstić information content (AvgIpc) is 2.50. The molecule has 0 bridgehead atoms. The lowest BCUT2D eigenvalue weighted by Crippen LogP contribution is -2.29. The Morgan fingerprint density at radius 1 is 1.54 bits per heavy atom. The Hall–Kier alpha value is -0.900. The second kappa shape index (κ2) is 3.87. The zero-order valence-corrected chi connectivity index (χ0v) is 8.76. The van der Waals surface area contributed by atoms with Crippen LogP contribution in [-0.4, -0.2) is 21.7 Å². The number of hydrogen-bond donors (Lipinski definition) is 2. The van der Waals surface area contributed by atoms with E-state index in [1.807, 2.05) is 0 Å². The number of nitrogens with zero attached hydrogens (tertiary/aromatic N) is 2. The van der Waals surface area contributed by atoms with Gasteiger partial charge in [0.15, 0.2) is 0 Å². The molecule has 0 radical (unpaired) electrons. The van der Waals surface area contributed by atoms with Gasteiger partial charge in [-0.3, -0.25) is 5.10 Å². The molecule has 0 fully saturated rings. The molecular weight excluding hydrogens is 164 g/mol. The topological polar surface area (TPSA) is 53.6 Å². The highest BCUT2D eigenvalue weighted by Gasteiger charge is 2.13. The minimum absolute atomic E-state index is 0.238. The Bertz CT molecular complexity index is 235. The molecule has 0 aliphatic rings. The molecule has 1 unspecified atom stereocenters. The van der Waals surface area contributed by atoms with Crippen LogP contribution in [0.25, 0.3) is 0 Å². The van der Waals surface area contributed by atoms with Crippen molar-refractivity contribution in [2.45, 2.75) is 33.7 Å². The van der Waals surface area contributed by atoms with Gasteiger partial charge in [0, 0.05) is 6.54 Å². The summed E-state index contributed by atoms with van der Waals surface area (Å²) >= 11 is 0. The highest BCUT2D eigenvalue weighted by molar-refractivity contribution is 4.89. The van der Waals surface area contributed by atoms with Crippen molar-refractivity contribution in [3.05, 3.63) is 12.2 Å². The van der Waals surface area contributed by atoms with Gasteiger partial charge in [0.25, 0.3) is 0 Å². The van der Waals surface area contributed by atoms with Crippen molar-refractivity contribution in [2.24, 2.45) is 5.41 Å². The quantitative estimate of drug-likeness (QED) is 0.745. The van der Waals surface area contributed by atoms with E-state index in [1.54, 1.807) is 0 Å². The third-order valence-electron chi connectivity index (χ3n) is 1.78. The van der Waals surface area contributed by atoms with Crippen molar-refractivity contribution < 1.29 is 0 Å². The van der Waals surface area contributed by atoms with Gasteiger partial charge in [-0.25, -0.2) is 4.98 Å². The largest absolute Gasteiger partial charge is 0.307 e. The summed E-state index contributed by atoms with van der Waals surface area (Å²) in [6, 6.07) is 0.238. The van der Waals surface area contributed by atoms with Gasteiger partial charge >= 0.3 is 0 Å². The van der Waals surface area contributed by atoms with Gasteiger partial charge in [0.2, 0.25) is 0 Å². The van der Waals surface area contributed by atoms with Crippen LogP contribution in [0.2, 0.25) is 0 Å². The van der Waals surface area contributed by atoms with Crippen molar-refractivity contribution >= 4 is 0 Å². The molecule has 1 heterocycles. The Labute approximate surface area is 79.2 Å². The molecule has 74 valence electrons. The molecule has 0 aliphatic carbocycles. The van der Waals surface area contributed by atoms with Crippen molar-refractivity contribution in [1.29, 1.82) is 0 Å². The summed E-state index contributed by atoms with van der Waals surface area (Å²) in [5, 5.41) is 10.1. The van der Waals surface area contributed by atoms with Gasteiger partial charge in [-0.05, 0) is 12.3 Å². The first-order valence-electron chi connectivity index (χ1n) is 4.58. The molecule has 0 amide bonds. The zero-order valence-electron chi connectivity index (χ0n) is 8.76. The molecule has 0 aliphatic heterocycles. The SMILES string of the molecule is CC(NCC(C)(C)C)c1ncn[nH]1. The molecule has 13 heavy (non-hydrogen) atoms. The Morgan fingerprint density at radius 2 is 2.23 bits per heavy atom. The fourth-order valence-corrected chi connectivity index (χ4v) is 0.980. The van der Waals surface area contributed by atoms with Crippen LogP contribution in [0, 0.1) is 5.41 Å². The number of hydrogen-bond acceptors (Lipinski definition) is 3. The average molecular weight is 182 g/mol. The zero-order chi connectivity index (χ0) is 9.90. The standard InChI is InChI=1S/C9H18N4/c1-7(8-11-6-12-13-8)10-5-9(2,3)4/h6-7,10H,5H2,1-4H3,(H,11,12,13). The predicted octanol–water partition coefficient (Wildman–Crippen LogP) is 1.50. The number of aromatic nitrogens is 3. The fourth-order valence-electron chi connectivity index (χ4n) is 0.980. The molecule has 0 saturated carbocycles. The Kier molecular flexibility index (Phi) is 3.03. The van der Waals surface area contributed by atoms with E-state index in [9.17, 15) is 0 Å². The molecule has 1 atom stereocenters. The number of nitrogens with one attached hydrogen (secondary N) is 2. The van der Waals surface area contributed by atoms with E-state index in [-0.39, 0.29) is 6.04 Å². The highest BCUT2D eigenvalue weighted by atomic mass is 15.2.